The third-order valence-corrected chi connectivity index (χ3v) is 5.06. The van der Waals surface area contributed by atoms with Crippen LogP contribution in [-0.4, -0.2) is 79.7 Å². The topological polar surface area (TPSA) is 72.0 Å². The molecule has 0 N–H and O–H groups in total. The molecule has 0 saturated carbocycles. The number of aromatic nitrogens is 1. The molecular formula is C22H27N3O4. The summed E-state index contributed by atoms with van der Waals surface area (Å²) in [4.78, 5) is 32.6. The zero-order valence-electron chi connectivity index (χ0n) is 17.1. The summed E-state index contributed by atoms with van der Waals surface area (Å²) >= 11 is 0. The minimum Gasteiger partial charge on any atom is -0.375 e. The third kappa shape index (κ3) is 4.81. The normalized spacial score (nSPS) is 19.1. The summed E-state index contributed by atoms with van der Waals surface area (Å²) in [5.74, 6) is -0.287. The van der Waals surface area contributed by atoms with Crippen molar-refractivity contribution in [3.63, 3.8) is 0 Å². The minimum absolute atomic E-state index is 0.00708. The number of morpholine rings is 1. The summed E-state index contributed by atoms with van der Waals surface area (Å²) in [6, 6.07) is 12.0. The number of carbonyl (C=O) groups excluding carboxylic acids is 2. The molecule has 0 unspecified atom stereocenters. The van der Waals surface area contributed by atoms with E-state index >= 15 is 0 Å². The molecule has 7 heteroatoms. The molecule has 7 nitrogen and oxygen atoms in total. The van der Waals surface area contributed by atoms with Crippen LogP contribution in [0.5, 0.6) is 0 Å². The molecule has 1 fully saturated rings. The molecule has 0 spiro atoms. The molecule has 1 atom stereocenters. The van der Waals surface area contributed by atoms with Crippen LogP contribution in [0.15, 0.2) is 48.8 Å². The van der Waals surface area contributed by atoms with Crippen LogP contribution in [0.4, 0.5) is 0 Å². The Bertz CT molecular complexity index is 839. The van der Waals surface area contributed by atoms with Gasteiger partial charge in [-0.3, -0.25) is 14.6 Å². The van der Waals surface area contributed by atoms with Crippen molar-refractivity contribution in [3.8, 4) is 11.1 Å². The van der Waals surface area contributed by atoms with Gasteiger partial charge in [-0.2, -0.15) is 0 Å². The second-order valence-corrected chi connectivity index (χ2v) is 7.40. The van der Waals surface area contributed by atoms with Gasteiger partial charge < -0.3 is 19.3 Å². The molecule has 1 aliphatic rings. The van der Waals surface area contributed by atoms with Crippen molar-refractivity contribution < 1.29 is 19.1 Å². The zero-order valence-corrected chi connectivity index (χ0v) is 17.1. The number of rotatable bonds is 6. The molecule has 3 rings (SSSR count). The Hall–Kier alpha value is -2.77. The number of amides is 2. The van der Waals surface area contributed by atoms with Crippen LogP contribution in [0.1, 0.15) is 5.56 Å². The van der Waals surface area contributed by atoms with Crippen molar-refractivity contribution in [2.24, 2.45) is 0 Å². The molecule has 2 aromatic rings. The summed E-state index contributed by atoms with van der Waals surface area (Å²) in [5.41, 5.74) is 2.02. The summed E-state index contributed by atoms with van der Waals surface area (Å²) in [5, 5.41) is 0. The summed E-state index contributed by atoms with van der Waals surface area (Å²) in [6.45, 7) is 0.959. The van der Waals surface area contributed by atoms with E-state index in [9.17, 15) is 9.59 Å². The van der Waals surface area contributed by atoms with Gasteiger partial charge in [-0.1, -0.05) is 24.3 Å². The van der Waals surface area contributed by atoms with Crippen LogP contribution in [0.2, 0.25) is 0 Å². The zero-order chi connectivity index (χ0) is 20.9. The van der Waals surface area contributed by atoms with E-state index in [4.69, 9.17) is 9.47 Å². The van der Waals surface area contributed by atoms with Gasteiger partial charge in [-0.25, -0.2) is 0 Å². The molecule has 2 heterocycles. The second-order valence-electron chi connectivity index (χ2n) is 7.40. The lowest BCUT2D eigenvalue weighted by atomic mass is 9.90. The number of carbonyl (C=O) groups is 2. The minimum atomic E-state index is -1.11. The van der Waals surface area contributed by atoms with Crippen LogP contribution in [0.3, 0.4) is 0 Å². The quantitative estimate of drug-likeness (QED) is 0.741. The Morgan fingerprint density at radius 2 is 1.79 bits per heavy atom. The van der Waals surface area contributed by atoms with Gasteiger partial charge in [0, 0.05) is 46.6 Å². The molecule has 1 aliphatic heterocycles. The molecule has 154 valence electrons. The van der Waals surface area contributed by atoms with E-state index in [-0.39, 0.29) is 25.0 Å². The average molecular weight is 397 g/mol. The van der Waals surface area contributed by atoms with Crippen molar-refractivity contribution in [1.29, 1.82) is 0 Å². The Morgan fingerprint density at radius 1 is 1.14 bits per heavy atom. The van der Waals surface area contributed by atoms with E-state index in [1.54, 1.807) is 31.4 Å². The highest BCUT2D eigenvalue weighted by Gasteiger charge is 2.45. The van der Waals surface area contributed by atoms with Crippen LogP contribution < -0.4 is 0 Å². The van der Waals surface area contributed by atoms with E-state index in [1.165, 1.54) is 12.0 Å². The van der Waals surface area contributed by atoms with Crippen molar-refractivity contribution in [2.75, 3.05) is 47.5 Å². The van der Waals surface area contributed by atoms with Gasteiger partial charge in [0.15, 0.2) is 5.60 Å². The average Bonchev–Trinajstić information content (AvgIpc) is 2.74. The Kier molecular flexibility index (Phi) is 6.61. The molecular weight excluding hydrogens is 370 g/mol. The van der Waals surface area contributed by atoms with Crippen molar-refractivity contribution in [1.82, 2.24) is 14.8 Å². The maximum atomic E-state index is 13.1. The molecule has 1 saturated heterocycles. The smallest absolute Gasteiger partial charge is 0.256 e. The standard InChI is InChI=1S/C22H27N3O4/c1-24(2)21(27)22(16-25(12-13-29-22)20(26)15-28-3)14-17-4-6-18(7-5-17)19-8-10-23-11-9-19/h4-11H,12-16H2,1-3H3/t22-/m1/s1. The van der Waals surface area contributed by atoms with Gasteiger partial charge in [-0.15, -0.1) is 0 Å². The Balaban J connectivity index is 1.84. The predicted octanol–water partition coefficient (Wildman–Crippen LogP) is 1.62. The van der Waals surface area contributed by atoms with Gasteiger partial charge in [-0.05, 0) is 28.8 Å². The van der Waals surface area contributed by atoms with Crippen LogP contribution >= 0.6 is 0 Å². The molecule has 0 aliphatic carbocycles. The lowest BCUT2D eigenvalue weighted by molar-refractivity contribution is -0.173. The first kappa shape index (κ1) is 21.0. The van der Waals surface area contributed by atoms with Crippen molar-refractivity contribution in [3.05, 3.63) is 54.4 Å². The van der Waals surface area contributed by atoms with Crippen LogP contribution in [0.25, 0.3) is 11.1 Å². The van der Waals surface area contributed by atoms with Gasteiger partial charge in [0.25, 0.3) is 5.91 Å². The largest absolute Gasteiger partial charge is 0.375 e. The molecule has 1 aromatic heterocycles. The first-order chi connectivity index (χ1) is 13.9. The summed E-state index contributed by atoms with van der Waals surface area (Å²) in [6.07, 6.45) is 3.91. The third-order valence-electron chi connectivity index (χ3n) is 5.06. The fourth-order valence-electron chi connectivity index (χ4n) is 3.62. The van der Waals surface area contributed by atoms with E-state index in [0.29, 0.717) is 19.6 Å². The van der Waals surface area contributed by atoms with Crippen LogP contribution in [-0.2, 0) is 25.5 Å². The molecule has 29 heavy (non-hydrogen) atoms. The van der Waals surface area contributed by atoms with E-state index in [1.807, 2.05) is 36.4 Å². The number of hydrogen-bond donors (Lipinski definition) is 0. The SMILES string of the molecule is COCC(=O)N1CCO[C@@](Cc2ccc(-c3ccncc3)cc2)(C(=O)N(C)C)C1. The lowest BCUT2D eigenvalue weighted by Gasteiger charge is -2.42. The van der Waals surface area contributed by atoms with E-state index in [2.05, 4.69) is 4.98 Å². The van der Waals surface area contributed by atoms with Gasteiger partial charge >= 0.3 is 0 Å². The first-order valence-electron chi connectivity index (χ1n) is 9.57. The molecule has 0 radical (unpaired) electrons. The number of benzene rings is 1. The highest BCUT2D eigenvalue weighted by atomic mass is 16.5. The van der Waals surface area contributed by atoms with Crippen molar-refractivity contribution in [2.45, 2.75) is 12.0 Å². The monoisotopic (exact) mass is 397 g/mol. The summed E-state index contributed by atoms with van der Waals surface area (Å²) in [7, 11) is 4.90. The number of pyridine rings is 1. The number of ether oxygens (including phenoxy) is 2. The molecule has 0 bridgehead atoms. The number of hydrogen-bond acceptors (Lipinski definition) is 5. The highest BCUT2D eigenvalue weighted by molar-refractivity contribution is 5.87. The maximum Gasteiger partial charge on any atom is 0.256 e. The van der Waals surface area contributed by atoms with E-state index < -0.39 is 5.60 Å². The molecule has 1 aromatic carbocycles. The summed E-state index contributed by atoms with van der Waals surface area (Å²) < 4.78 is 11.0. The fourth-order valence-corrected chi connectivity index (χ4v) is 3.62. The number of likely N-dealkylation sites (N-methyl/N-ethyl adjacent to an activating group) is 1. The Labute approximate surface area is 171 Å². The molecule has 2 amide bonds. The fraction of sp³-hybridized carbons (Fsp3) is 0.409. The van der Waals surface area contributed by atoms with Gasteiger partial charge in [0.05, 0.1) is 13.2 Å². The second kappa shape index (κ2) is 9.15. The predicted molar refractivity (Wildman–Crippen MR) is 109 cm³/mol. The number of nitrogens with zero attached hydrogens (tertiary/aromatic N) is 3. The lowest BCUT2D eigenvalue weighted by Crippen LogP contribution is -2.62. The maximum absolute atomic E-state index is 13.1. The van der Waals surface area contributed by atoms with Crippen molar-refractivity contribution >= 4 is 11.8 Å². The first-order valence-corrected chi connectivity index (χ1v) is 9.57. The van der Waals surface area contributed by atoms with E-state index in [0.717, 1.165) is 16.7 Å². The van der Waals surface area contributed by atoms with Crippen LogP contribution in [0, 0.1) is 0 Å². The van der Waals surface area contributed by atoms with Gasteiger partial charge in [0.1, 0.15) is 6.61 Å². The van der Waals surface area contributed by atoms with Gasteiger partial charge in [0.2, 0.25) is 5.91 Å². The highest BCUT2D eigenvalue weighted by Crippen LogP contribution is 2.27. The number of methoxy groups -OCH3 is 1. The Morgan fingerprint density at radius 3 is 2.41 bits per heavy atom.